The number of nitrogens with one attached hydrogen (secondary N) is 1. The molecule has 1 N–H and O–H groups in total. The third-order valence-electron chi connectivity index (χ3n) is 3.18. The van der Waals surface area contributed by atoms with Crippen molar-refractivity contribution in [3.05, 3.63) is 57.8 Å². The Morgan fingerprint density at radius 1 is 1.29 bits per heavy atom. The lowest BCUT2D eigenvalue weighted by molar-refractivity contribution is 0.459. The molecule has 0 spiro atoms. The zero-order valence-electron chi connectivity index (χ0n) is 11.7. The van der Waals surface area contributed by atoms with Gasteiger partial charge in [-0.25, -0.2) is 4.39 Å². The average molecular weight is 349 g/mol. The lowest BCUT2D eigenvalue weighted by Crippen LogP contribution is -2.13. The maximum absolute atomic E-state index is 13.6. The van der Waals surface area contributed by atoms with Crippen LogP contribution < -0.4 is 10.1 Å². The summed E-state index contributed by atoms with van der Waals surface area (Å²) < 4.78 is 20.3. The van der Waals surface area contributed by atoms with Gasteiger partial charge >= 0.3 is 0 Å². The van der Waals surface area contributed by atoms with Gasteiger partial charge in [-0.1, -0.05) is 22.0 Å². The quantitative estimate of drug-likeness (QED) is 0.882. The summed E-state index contributed by atoms with van der Waals surface area (Å²) in [6.45, 7) is 1.99. The van der Waals surface area contributed by atoms with Crippen LogP contribution in [0.25, 0.3) is 0 Å². The molecule has 0 amide bonds. The highest BCUT2D eigenvalue weighted by Crippen LogP contribution is 2.33. The first-order valence-electron chi connectivity index (χ1n) is 6.40. The SMILES string of the molecule is CNC(C)c1cc(Br)ccc1Oc1cccc(F)c1C#N. The molecule has 2 rings (SSSR count). The van der Waals surface area contributed by atoms with Gasteiger partial charge in [0.25, 0.3) is 0 Å². The van der Waals surface area contributed by atoms with Gasteiger partial charge in [0, 0.05) is 16.1 Å². The van der Waals surface area contributed by atoms with E-state index in [9.17, 15) is 4.39 Å². The van der Waals surface area contributed by atoms with Gasteiger partial charge in [0.15, 0.2) is 0 Å². The van der Waals surface area contributed by atoms with E-state index < -0.39 is 5.82 Å². The summed E-state index contributed by atoms with van der Waals surface area (Å²) in [4.78, 5) is 0. The molecule has 0 heterocycles. The lowest BCUT2D eigenvalue weighted by Gasteiger charge is -2.17. The Bertz CT molecular complexity index is 697. The predicted molar refractivity (Wildman–Crippen MR) is 82.8 cm³/mol. The maximum atomic E-state index is 13.6. The molecule has 0 aliphatic rings. The molecule has 5 heteroatoms. The van der Waals surface area contributed by atoms with Gasteiger partial charge < -0.3 is 10.1 Å². The Balaban J connectivity index is 2.45. The second kappa shape index (κ2) is 6.70. The molecule has 0 saturated carbocycles. The van der Waals surface area contributed by atoms with Crippen LogP contribution in [0.2, 0.25) is 0 Å². The third-order valence-corrected chi connectivity index (χ3v) is 3.67. The van der Waals surface area contributed by atoms with E-state index in [0.29, 0.717) is 5.75 Å². The summed E-state index contributed by atoms with van der Waals surface area (Å²) >= 11 is 3.42. The van der Waals surface area contributed by atoms with Crippen molar-refractivity contribution in [3.8, 4) is 17.6 Å². The number of nitriles is 1. The zero-order valence-corrected chi connectivity index (χ0v) is 13.2. The molecule has 3 nitrogen and oxygen atoms in total. The number of nitrogens with zero attached hydrogens (tertiary/aromatic N) is 1. The van der Waals surface area contributed by atoms with Gasteiger partial charge in [0.05, 0.1) is 0 Å². The number of rotatable bonds is 4. The standard InChI is InChI=1S/C16H14BrFN2O/c1-10(20-2)12-8-11(17)6-7-16(12)21-15-5-3-4-14(18)13(15)9-19/h3-8,10,20H,1-2H3. The molecule has 21 heavy (non-hydrogen) atoms. The molecule has 108 valence electrons. The van der Waals surface area contributed by atoms with Gasteiger partial charge in [0.1, 0.15) is 28.9 Å². The van der Waals surface area contributed by atoms with Crippen molar-refractivity contribution in [3.63, 3.8) is 0 Å². The minimum absolute atomic E-state index is 0.0524. The van der Waals surface area contributed by atoms with Gasteiger partial charge in [-0.15, -0.1) is 0 Å². The van der Waals surface area contributed by atoms with Crippen molar-refractivity contribution >= 4 is 15.9 Å². The van der Waals surface area contributed by atoms with Gasteiger partial charge in [-0.2, -0.15) is 5.26 Å². The van der Waals surface area contributed by atoms with E-state index >= 15 is 0 Å². The summed E-state index contributed by atoms with van der Waals surface area (Å²) in [7, 11) is 1.85. The summed E-state index contributed by atoms with van der Waals surface area (Å²) in [6.07, 6.45) is 0. The van der Waals surface area contributed by atoms with Crippen LogP contribution in [0.5, 0.6) is 11.5 Å². The highest BCUT2D eigenvalue weighted by atomic mass is 79.9. The highest BCUT2D eigenvalue weighted by molar-refractivity contribution is 9.10. The van der Waals surface area contributed by atoms with Crippen molar-refractivity contribution < 1.29 is 9.13 Å². The number of hydrogen-bond donors (Lipinski definition) is 1. The first-order chi connectivity index (χ1) is 10.1. The molecule has 0 radical (unpaired) electrons. The second-order valence-corrected chi connectivity index (χ2v) is 5.44. The van der Waals surface area contributed by atoms with Crippen LogP contribution >= 0.6 is 15.9 Å². The molecule has 0 aromatic heterocycles. The Kier molecular flexibility index (Phi) is 4.94. The second-order valence-electron chi connectivity index (χ2n) is 4.52. The van der Waals surface area contributed by atoms with Crippen LogP contribution in [0.3, 0.4) is 0 Å². The number of hydrogen-bond acceptors (Lipinski definition) is 3. The van der Waals surface area contributed by atoms with Crippen LogP contribution in [0.1, 0.15) is 24.1 Å². The molecule has 0 fully saturated rings. The molecule has 1 atom stereocenters. The van der Waals surface area contributed by atoms with Crippen molar-refractivity contribution in [2.45, 2.75) is 13.0 Å². The van der Waals surface area contributed by atoms with E-state index in [1.807, 2.05) is 32.2 Å². The smallest absolute Gasteiger partial charge is 0.148 e. The molecule has 2 aromatic carbocycles. The topological polar surface area (TPSA) is 45.0 Å². The molecular weight excluding hydrogens is 335 g/mol. The normalized spacial score (nSPS) is 11.8. The van der Waals surface area contributed by atoms with E-state index in [4.69, 9.17) is 10.00 Å². The highest BCUT2D eigenvalue weighted by Gasteiger charge is 2.15. The Morgan fingerprint density at radius 3 is 2.71 bits per heavy atom. The van der Waals surface area contributed by atoms with Crippen LogP contribution in [0, 0.1) is 17.1 Å². The van der Waals surface area contributed by atoms with Crippen LogP contribution in [0.4, 0.5) is 4.39 Å². The molecule has 0 aliphatic heterocycles. The van der Waals surface area contributed by atoms with Crippen molar-refractivity contribution in [2.24, 2.45) is 0 Å². The van der Waals surface area contributed by atoms with E-state index in [0.717, 1.165) is 10.0 Å². The maximum Gasteiger partial charge on any atom is 0.148 e. The molecular formula is C16H14BrFN2O. The molecule has 2 aromatic rings. The third kappa shape index (κ3) is 3.41. The summed E-state index contributed by atoms with van der Waals surface area (Å²) in [5.41, 5.74) is 0.823. The van der Waals surface area contributed by atoms with E-state index in [1.165, 1.54) is 12.1 Å². The fourth-order valence-electron chi connectivity index (χ4n) is 1.92. The van der Waals surface area contributed by atoms with Crippen molar-refractivity contribution in [1.82, 2.24) is 5.32 Å². The van der Waals surface area contributed by atoms with Gasteiger partial charge in [-0.05, 0) is 44.3 Å². The van der Waals surface area contributed by atoms with Crippen LogP contribution in [-0.4, -0.2) is 7.05 Å². The molecule has 1 unspecified atom stereocenters. The first kappa shape index (κ1) is 15.5. The van der Waals surface area contributed by atoms with E-state index in [1.54, 1.807) is 12.1 Å². The Labute approximate surface area is 131 Å². The van der Waals surface area contributed by atoms with Crippen LogP contribution in [-0.2, 0) is 0 Å². The fraction of sp³-hybridized carbons (Fsp3) is 0.188. The van der Waals surface area contributed by atoms with Crippen LogP contribution in [0.15, 0.2) is 40.9 Å². The van der Waals surface area contributed by atoms with Gasteiger partial charge in [0.2, 0.25) is 0 Å². The van der Waals surface area contributed by atoms with E-state index in [-0.39, 0.29) is 17.4 Å². The molecule has 0 aliphatic carbocycles. The number of halogens is 2. The Hall–Kier alpha value is -1.90. The molecule has 0 saturated heterocycles. The first-order valence-corrected chi connectivity index (χ1v) is 7.19. The van der Waals surface area contributed by atoms with E-state index in [2.05, 4.69) is 21.2 Å². The number of ether oxygens (including phenoxy) is 1. The van der Waals surface area contributed by atoms with Gasteiger partial charge in [-0.3, -0.25) is 0 Å². The summed E-state index contributed by atoms with van der Waals surface area (Å²) in [5, 5.41) is 12.2. The van der Waals surface area contributed by atoms with Crippen molar-refractivity contribution in [1.29, 1.82) is 5.26 Å². The summed E-state index contributed by atoms with van der Waals surface area (Å²) in [6, 6.07) is 11.8. The minimum Gasteiger partial charge on any atom is -0.456 e. The fourth-order valence-corrected chi connectivity index (χ4v) is 2.30. The average Bonchev–Trinajstić information content (AvgIpc) is 2.48. The minimum atomic E-state index is -0.588. The molecule has 0 bridgehead atoms. The zero-order chi connectivity index (χ0) is 15.4. The predicted octanol–water partition coefficient (Wildman–Crippen LogP) is 4.53. The van der Waals surface area contributed by atoms with Crippen molar-refractivity contribution in [2.75, 3.05) is 7.05 Å². The lowest BCUT2D eigenvalue weighted by atomic mass is 10.1. The number of benzene rings is 2. The largest absolute Gasteiger partial charge is 0.456 e. The summed E-state index contributed by atoms with van der Waals surface area (Å²) in [5.74, 6) is 0.210. The monoisotopic (exact) mass is 348 g/mol. The Morgan fingerprint density at radius 2 is 2.05 bits per heavy atom.